The van der Waals surface area contributed by atoms with E-state index in [0.29, 0.717) is 11.4 Å². The molecule has 8 heteroatoms. The number of aryl methyl sites for hydroxylation is 1. The topological polar surface area (TPSA) is 92.3 Å². The number of hydrogen-bond acceptors (Lipinski definition) is 5. The molecule has 1 N–H and O–H groups in total. The monoisotopic (exact) mass is 424 g/mol. The van der Waals surface area contributed by atoms with Gasteiger partial charge in [-0.25, -0.2) is 18.4 Å². The van der Waals surface area contributed by atoms with Crippen LogP contribution in [0.5, 0.6) is 0 Å². The maximum absolute atomic E-state index is 12.7. The summed E-state index contributed by atoms with van der Waals surface area (Å²) in [4.78, 5) is 21.0. The number of benzene rings is 2. The highest BCUT2D eigenvalue weighted by Crippen LogP contribution is 2.17. The van der Waals surface area contributed by atoms with E-state index in [4.69, 9.17) is 0 Å². The maximum Gasteiger partial charge on any atom is 0.254 e. The third kappa shape index (κ3) is 5.08. The van der Waals surface area contributed by atoms with Crippen LogP contribution in [0.1, 0.15) is 40.3 Å². The van der Waals surface area contributed by atoms with Crippen molar-refractivity contribution in [2.45, 2.75) is 31.3 Å². The summed E-state index contributed by atoms with van der Waals surface area (Å²) in [6, 6.07) is 16.1. The van der Waals surface area contributed by atoms with Gasteiger partial charge in [0.2, 0.25) is 10.0 Å². The molecule has 3 rings (SSSR count). The maximum atomic E-state index is 12.7. The van der Waals surface area contributed by atoms with Crippen LogP contribution in [0.25, 0.3) is 0 Å². The minimum Gasteiger partial charge on any atom is -0.345 e. The van der Waals surface area contributed by atoms with E-state index in [1.807, 2.05) is 44.2 Å². The molecule has 0 radical (unpaired) electrons. The molecule has 0 aliphatic carbocycles. The van der Waals surface area contributed by atoms with Gasteiger partial charge < -0.3 is 5.32 Å². The molecule has 1 unspecified atom stereocenters. The first-order valence-electron chi connectivity index (χ1n) is 9.47. The van der Waals surface area contributed by atoms with E-state index in [1.54, 1.807) is 24.3 Å². The second kappa shape index (κ2) is 9.15. The fourth-order valence-electron chi connectivity index (χ4n) is 2.83. The largest absolute Gasteiger partial charge is 0.345 e. The first-order valence-corrected chi connectivity index (χ1v) is 10.9. The number of rotatable bonds is 7. The minimum absolute atomic E-state index is 0.00146. The van der Waals surface area contributed by atoms with Gasteiger partial charge in [0, 0.05) is 19.4 Å². The van der Waals surface area contributed by atoms with Crippen LogP contribution in [-0.2, 0) is 16.6 Å². The van der Waals surface area contributed by atoms with Crippen molar-refractivity contribution in [1.29, 1.82) is 0 Å². The van der Waals surface area contributed by atoms with E-state index < -0.39 is 10.0 Å². The van der Waals surface area contributed by atoms with Crippen LogP contribution in [0.15, 0.2) is 71.9 Å². The van der Waals surface area contributed by atoms with Crippen molar-refractivity contribution in [2.75, 3.05) is 7.05 Å². The summed E-state index contributed by atoms with van der Waals surface area (Å²) in [6.45, 7) is 3.79. The summed E-state index contributed by atoms with van der Waals surface area (Å²) >= 11 is 0. The number of carbonyl (C=O) groups excluding carboxylic acids is 1. The third-order valence-electron chi connectivity index (χ3n) is 4.71. The Kier molecular flexibility index (Phi) is 6.59. The van der Waals surface area contributed by atoms with Crippen LogP contribution in [0.3, 0.4) is 0 Å². The first kappa shape index (κ1) is 21.6. The minimum atomic E-state index is -3.65. The van der Waals surface area contributed by atoms with Gasteiger partial charge in [-0.05, 0) is 31.5 Å². The highest BCUT2D eigenvalue weighted by atomic mass is 32.2. The van der Waals surface area contributed by atoms with Crippen molar-refractivity contribution in [2.24, 2.45) is 0 Å². The molecule has 3 aromatic rings. The van der Waals surface area contributed by atoms with E-state index in [1.165, 1.54) is 23.7 Å². The Bertz CT molecular complexity index is 1100. The summed E-state index contributed by atoms with van der Waals surface area (Å²) in [5.74, 6) is 0.0133. The summed E-state index contributed by atoms with van der Waals surface area (Å²) < 4.78 is 26.6. The van der Waals surface area contributed by atoms with E-state index in [9.17, 15) is 13.2 Å². The Labute approximate surface area is 176 Å². The van der Waals surface area contributed by atoms with Crippen molar-refractivity contribution in [3.05, 3.63) is 89.5 Å². The van der Waals surface area contributed by atoms with Crippen LogP contribution in [-0.4, -0.2) is 35.6 Å². The van der Waals surface area contributed by atoms with Gasteiger partial charge in [0.25, 0.3) is 5.91 Å². The highest BCUT2D eigenvalue weighted by molar-refractivity contribution is 7.89. The predicted molar refractivity (Wildman–Crippen MR) is 114 cm³/mol. The Morgan fingerprint density at radius 2 is 1.63 bits per heavy atom. The number of hydrogen-bond donors (Lipinski definition) is 1. The lowest BCUT2D eigenvalue weighted by atomic mass is 10.1. The zero-order valence-electron chi connectivity index (χ0n) is 17.1. The Morgan fingerprint density at radius 3 is 2.23 bits per heavy atom. The lowest BCUT2D eigenvalue weighted by molar-refractivity contribution is 0.0939. The molecule has 1 atom stereocenters. The van der Waals surface area contributed by atoms with Gasteiger partial charge in [-0.3, -0.25) is 4.79 Å². The number of amides is 1. The molecule has 0 fully saturated rings. The molecule has 0 saturated heterocycles. The number of nitrogens with zero attached hydrogens (tertiary/aromatic N) is 3. The van der Waals surface area contributed by atoms with Crippen LogP contribution >= 0.6 is 0 Å². The fourth-order valence-corrected chi connectivity index (χ4v) is 3.96. The Morgan fingerprint density at radius 1 is 1.03 bits per heavy atom. The molecule has 0 aliphatic heterocycles. The molecular weight excluding hydrogens is 400 g/mol. The molecule has 1 aromatic heterocycles. The summed E-state index contributed by atoms with van der Waals surface area (Å²) in [6.07, 6.45) is 2.81. The van der Waals surface area contributed by atoms with Gasteiger partial charge in [-0.2, -0.15) is 4.31 Å². The Balaban J connectivity index is 1.65. The second-order valence-electron chi connectivity index (χ2n) is 7.07. The summed E-state index contributed by atoms with van der Waals surface area (Å²) in [7, 11) is -2.18. The number of sulfonamides is 1. The number of aromatic nitrogens is 2. The van der Waals surface area contributed by atoms with Gasteiger partial charge >= 0.3 is 0 Å². The standard InChI is InChI=1S/C22H24N4O3S/c1-16-9-11-20(12-10-16)30(28,29)26(3)15-21-23-13-19(14-24-21)22(27)25-17(2)18-7-5-4-6-8-18/h4-14,17H,15H2,1-3H3,(H,25,27). The predicted octanol–water partition coefficient (Wildman–Crippen LogP) is 3.10. The van der Waals surface area contributed by atoms with Crippen LogP contribution in [0.4, 0.5) is 0 Å². The lowest BCUT2D eigenvalue weighted by Crippen LogP contribution is -2.28. The normalized spacial score (nSPS) is 12.5. The van der Waals surface area contributed by atoms with Crippen molar-refractivity contribution in [1.82, 2.24) is 19.6 Å². The average Bonchev–Trinajstić information content (AvgIpc) is 2.75. The molecule has 1 heterocycles. The van der Waals surface area contributed by atoms with Gasteiger partial charge in [0.05, 0.1) is 23.0 Å². The quantitative estimate of drug-likeness (QED) is 0.629. The van der Waals surface area contributed by atoms with Crippen molar-refractivity contribution < 1.29 is 13.2 Å². The first-order chi connectivity index (χ1) is 14.3. The lowest BCUT2D eigenvalue weighted by Gasteiger charge is -2.17. The molecule has 30 heavy (non-hydrogen) atoms. The van der Waals surface area contributed by atoms with E-state index in [0.717, 1.165) is 11.1 Å². The molecule has 7 nitrogen and oxygen atoms in total. The molecular formula is C22H24N4O3S. The van der Waals surface area contributed by atoms with Crippen LogP contribution in [0.2, 0.25) is 0 Å². The van der Waals surface area contributed by atoms with Crippen LogP contribution in [0, 0.1) is 6.92 Å². The smallest absolute Gasteiger partial charge is 0.254 e. The van der Waals surface area contributed by atoms with Gasteiger partial charge in [-0.1, -0.05) is 48.0 Å². The highest BCUT2D eigenvalue weighted by Gasteiger charge is 2.22. The zero-order chi connectivity index (χ0) is 21.7. The summed E-state index contributed by atoms with van der Waals surface area (Å²) in [5, 5.41) is 2.90. The van der Waals surface area contributed by atoms with Crippen molar-refractivity contribution >= 4 is 15.9 Å². The third-order valence-corrected chi connectivity index (χ3v) is 6.53. The summed E-state index contributed by atoms with van der Waals surface area (Å²) in [5.41, 5.74) is 2.28. The number of carbonyl (C=O) groups is 1. The molecule has 0 spiro atoms. The van der Waals surface area contributed by atoms with E-state index in [-0.39, 0.29) is 23.4 Å². The SMILES string of the molecule is Cc1ccc(S(=O)(=O)N(C)Cc2ncc(C(=O)NC(C)c3ccccc3)cn2)cc1. The van der Waals surface area contributed by atoms with Gasteiger partial charge in [-0.15, -0.1) is 0 Å². The molecule has 1 amide bonds. The molecule has 0 bridgehead atoms. The van der Waals surface area contributed by atoms with Gasteiger partial charge in [0.15, 0.2) is 0 Å². The number of nitrogens with one attached hydrogen (secondary N) is 1. The van der Waals surface area contributed by atoms with Gasteiger partial charge in [0.1, 0.15) is 5.82 Å². The molecule has 156 valence electrons. The van der Waals surface area contributed by atoms with Crippen LogP contribution < -0.4 is 5.32 Å². The second-order valence-corrected chi connectivity index (χ2v) is 9.11. The van der Waals surface area contributed by atoms with E-state index >= 15 is 0 Å². The molecule has 0 saturated carbocycles. The molecule has 2 aromatic carbocycles. The fraction of sp³-hybridized carbons (Fsp3) is 0.227. The zero-order valence-corrected chi connectivity index (χ0v) is 17.9. The Hall–Kier alpha value is -3.10. The van der Waals surface area contributed by atoms with Crippen molar-refractivity contribution in [3.63, 3.8) is 0 Å². The molecule has 0 aliphatic rings. The average molecular weight is 425 g/mol. The van der Waals surface area contributed by atoms with Crippen molar-refractivity contribution in [3.8, 4) is 0 Å². The van der Waals surface area contributed by atoms with E-state index in [2.05, 4.69) is 15.3 Å².